The maximum atomic E-state index is 13.2. The quantitative estimate of drug-likeness (QED) is 0.140. The fraction of sp³-hybridized carbons (Fsp3) is 0.179. The molecule has 4 aromatic rings. The maximum Gasteiger partial charge on any atom is 0.266 e. The molecule has 3 heterocycles. The van der Waals surface area contributed by atoms with Gasteiger partial charge in [-0.05, 0) is 48.9 Å². The number of amides is 1. The molecule has 0 saturated carbocycles. The molecule has 0 atom stereocenters. The fourth-order valence-electron chi connectivity index (χ4n) is 3.83. The number of furan rings is 1. The molecule has 1 aliphatic heterocycles. The van der Waals surface area contributed by atoms with Crippen molar-refractivity contribution in [1.82, 2.24) is 14.7 Å². The molecule has 5 rings (SSSR count). The first-order valence-electron chi connectivity index (χ1n) is 11.8. The third kappa shape index (κ3) is 5.29. The van der Waals surface area contributed by atoms with E-state index in [1.54, 1.807) is 17.2 Å². The lowest BCUT2D eigenvalue weighted by molar-refractivity contribution is -0.122. The van der Waals surface area contributed by atoms with Crippen molar-refractivity contribution in [3.63, 3.8) is 0 Å². The Bertz CT molecular complexity index is 1390. The highest BCUT2D eigenvalue weighted by Gasteiger charge is 2.33. The molecule has 1 saturated heterocycles. The number of benzene rings is 2. The Balaban J connectivity index is 1.51. The van der Waals surface area contributed by atoms with Crippen LogP contribution in [0.4, 0.5) is 0 Å². The molecule has 1 amide bonds. The number of para-hydroxylation sites is 1. The summed E-state index contributed by atoms with van der Waals surface area (Å²) in [5.74, 6) is 1.34. The number of hydrogen-bond acceptors (Lipinski definition) is 6. The average molecular weight is 516 g/mol. The molecule has 1 aliphatic rings. The minimum absolute atomic E-state index is 0.142. The molecule has 0 radical (unpaired) electrons. The predicted molar refractivity (Wildman–Crippen MR) is 147 cm³/mol. The van der Waals surface area contributed by atoms with Gasteiger partial charge in [-0.25, -0.2) is 4.68 Å². The third-order valence-electron chi connectivity index (χ3n) is 5.69. The number of carbonyl (C=O) groups is 1. The molecule has 182 valence electrons. The fourth-order valence-corrected chi connectivity index (χ4v) is 5.08. The van der Waals surface area contributed by atoms with Crippen LogP contribution >= 0.6 is 24.0 Å². The van der Waals surface area contributed by atoms with E-state index < -0.39 is 0 Å². The van der Waals surface area contributed by atoms with Crippen molar-refractivity contribution >= 4 is 40.3 Å². The summed E-state index contributed by atoms with van der Waals surface area (Å²) in [6, 6.07) is 21.4. The number of thioether (sulfide) groups is 1. The molecule has 0 aliphatic carbocycles. The number of aromatic nitrogens is 2. The van der Waals surface area contributed by atoms with E-state index in [9.17, 15) is 4.79 Å². The van der Waals surface area contributed by atoms with Crippen LogP contribution < -0.4 is 4.74 Å². The third-order valence-corrected chi connectivity index (χ3v) is 7.07. The number of carbonyl (C=O) groups excluding carboxylic acids is 1. The van der Waals surface area contributed by atoms with Gasteiger partial charge in [-0.3, -0.25) is 9.69 Å². The number of nitrogens with zero attached hydrogens (tertiary/aromatic N) is 3. The van der Waals surface area contributed by atoms with E-state index in [0.717, 1.165) is 41.1 Å². The highest BCUT2D eigenvalue weighted by atomic mass is 32.2. The van der Waals surface area contributed by atoms with Gasteiger partial charge in [-0.1, -0.05) is 67.7 Å². The summed E-state index contributed by atoms with van der Waals surface area (Å²) in [6.07, 6.45) is 7.47. The van der Waals surface area contributed by atoms with Crippen molar-refractivity contribution in [2.75, 3.05) is 6.61 Å². The Morgan fingerprint density at radius 3 is 2.75 bits per heavy atom. The second-order valence-electron chi connectivity index (χ2n) is 8.29. The van der Waals surface area contributed by atoms with Crippen molar-refractivity contribution in [1.29, 1.82) is 0 Å². The first-order valence-corrected chi connectivity index (χ1v) is 13.0. The summed E-state index contributed by atoms with van der Waals surface area (Å²) in [5.41, 5.74) is 3.43. The summed E-state index contributed by atoms with van der Waals surface area (Å²) < 4.78 is 13.7. The van der Waals surface area contributed by atoms with E-state index in [4.69, 9.17) is 26.5 Å². The molecule has 36 heavy (non-hydrogen) atoms. The van der Waals surface area contributed by atoms with E-state index in [-0.39, 0.29) is 5.91 Å². The lowest BCUT2D eigenvalue weighted by Gasteiger charge is -2.11. The van der Waals surface area contributed by atoms with E-state index >= 15 is 0 Å². The Hall–Kier alpha value is -3.62. The smallest absolute Gasteiger partial charge is 0.266 e. The second kappa shape index (κ2) is 11.0. The van der Waals surface area contributed by atoms with Gasteiger partial charge in [0.2, 0.25) is 0 Å². The number of thiocarbonyl (C=S) groups is 1. The predicted octanol–water partition coefficient (Wildman–Crippen LogP) is 6.71. The normalized spacial score (nSPS) is 14.7. The van der Waals surface area contributed by atoms with Gasteiger partial charge in [0.25, 0.3) is 5.91 Å². The highest BCUT2D eigenvalue weighted by Crippen LogP contribution is 2.36. The molecular formula is C28H25N3O3S2. The maximum absolute atomic E-state index is 13.2. The van der Waals surface area contributed by atoms with Crippen LogP contribution in [0.15, 0.2) is 88.5 Å². The second-order valence-corrected chi connectivity index (χ2v) is 9.97. The molecule has 0 unspecified atom stereocenters. The Morgan fingerprint density at radius 1 is 1.11 bits per heavy atom. The number of rotatable bonds is 9. The largest absolute Gasteiger partial charge is 0.494 e. The van der Waals surface area contributed by atoms with Gasteiger partial charge in [0.15, 0.2) is 0 Å². The number of unbranched alkanes of at least 4 members (excludes halogenated alkanes) is 1. The first-order chi connectivity index (χ1) is 17.6. The summed E-state index contributed by atoms with van der Waals surface area (Å²) in [7, 11) is 0. The van der Waals surface area contributed by atoms with Crippen LogP contribution in [-0.4, -0.2) is 31.5 Å². The Labute approximate surface area is 219 Å². The number of ether oxygens (including phenoxy) is 1. The minimum Gasteiger partial charge on any atom is -0.494 e. The van der Waals surface area contributed by atoms with Gasteiger partial charge in [-0.15, -0.1) is 0 Å². The summed E-state index contributed by atoms with van der Waals surface area (Å²) in [4.78, 5) is 15.3. The SMILES string of the molecule is CCCCOc1cccc(-c2nn(-c3ccccc3)cc2/C=C2\SC(=S)N(Cc3ccco3)C2=O)c1. The molecule has 1 fully saturated rings. The van der Waals surface area contributed by atoms with Gasteiger partial charge in [0, 0.05) is 17.3 Å². The van der Waals surface area contributed by atoms with Gasteiger partial charge < -0.3 is 9.15 Å². The van der Waals surface area contributed by atoms with Crippen LogP contribution in [0.5, 0.6) is 5.75 Å². The Morgan fingerprint density at radius 2 is 1.97 bits per heavy atom. The van der Waals surface area contributed by atoms with Crippen LogP contribution in [0.1, 0.15) is 31.1 Å². The molecule has 6 nitrogen and oxygen atoms in total. The van der Waals surface area contributed by atoms with Crippen LogP contribution in [-0.2, 0) is 11.3 Å². The van der Waals surface area contributed by atoms with Crippen LogP contribution in [0, 0.1) is 0 Å². The summed E-state index contributed by atoms with van der Waals surface area (Å²) >= 11 is 6.80. The Kier molecular flexibility index (Phi) is 7.34. The molecule has 0 spiro atoms. The first kappa shape index (κ1) is 24.1. The van der Waals surface area contributed by atoms with Crippen molar-refractivity contribution in [3.8, 4) is 22.7 Å². The average Bonchev–Trinajstić information content (AvgIpc) is 3.63. The van der Waals surface area contributed by atoms with Gasteiger partial charge in [0.1, 0.15) is 21.5 Å². The van der Waals surface area contributed by atoms with Gasteiger partial charge in [0.05, 0.1) is 30.0 Å². The van der Waals surface area contributed by atoms with Gasteiger partial charge >= 0.3 is 0 Å². The molecule has 8 heteroatoms. The molecule has 0 N–H and O–H groups in total. The van der Waals surface area contributed by atoms with E-state index in [2.05, 4.69) is 6.92 Å². The van der Waals surface area contributed by atoms with Crippen LogP contribution in [0.2, 0.25) is 0 Å². The summed E-state index contributed by atoms with van der Waals surface area (Å²) in [6.45, 7) is 3.12. The number of hydrogen-bond donors (Lipinski definition) is 0. The van der Waals surface area contributed by atoms with Crippen molar-refractivity contribution < 1.29 is 13.9 Å². The van der Waals surface area contributed by atoms with E-state index in [1.807, 2.05) is 77.6 Å². The molecule has 0 bridgehead atoms. The van der Waals surface area contributed by atoms with Crippen molar-refractivity contribution in [2.24, 2.45) is 0 Å². The standard InChI is InChI=1S/C28H25N3O3S2/c1-2-3-14-33-23-12-7-9-20(16-23)26-21(18-31(29-26)22-10-5-4-6-11-22)17-25-27(32)30(28(35)36-25)19-24-13-8-15-34-24/h4-13,15-18H,2-3,14,19H2,1H3/b25-17-. The monoisotopic (exact) mass is 515 g/mol. The zero-order valence-corrected chi connectivity index (χ0v) is 21.4. The van der Waals surface area contributed by atoms with Crippen LogP contribution in [0.3, 0.4) is 0 Å². The molecule has 2 aromatic carbocycles. The highest BCUT2D eigenvalue weighted by molar-refractivity contribution is 8.26. The topological polar surface area (TPSA) is 60.5 Å². The molecular weight excluding hydrogens is 490 g/mol. The van der Waals surface area contributed by atoms with Crippen molar-refractivity contribution in [3.05, 3.63) is 95.4 Å². The lowest BCUT2D eigenvalue weighted by atomic mass is 10.1. The van der Waals surface area contributed by atoms with E-state index in [0.29, 0.717) is 28.1 Å². The minimum atomic E-state index is -0.142. The van der Waals surface area contributed by atoms with E-state index in [1.165, 1.54) is 11.8 Å². The lowest BCUT2D eigenvalue weighted by Crippen LogP contribution is -2.27. The zero-order chi connectivity index (χ0) is 24.9. The van der Waals surface area contributed by atoms with Crippen molar-refractivity contribution in [2.45, 2.75) is 26.3 Å². The zero-order valence-electron chi connectivity index (χ0n) is 19.8. The molecule has 2 aromatic heterocycles. The van der Waals surface area contributed by atoms with Gasteiger partial charge in [-0.2, -0.15) is 5.10 Å². The summed E-state index contributed by atoms with van der Waals surface area (Å²) in [5, 5.41) is 4.89. The van der Waals surface area contributed by atoms with Crippen LogP contribution in [0.25, 0.3) is 23.0 Å².